The number of nitrogens with one attached hydrogen (secondary N) is 2. The number of methoxy groups -OCH3 is 1. The number of aromatic nitrogens is 3. The van der Waals surface area contributed by atoms with E-state index in [0.29, 0.717) is 5.88 Å². The fourth-order valence-corrected chi connectivity index (χ4v) is 2.06. The van der Waals surface area contributed by atoms with E-state index in [1.54, 1.807) is 7.11 Å². The van der Waals surface area contributed by atoms with Crippen LogP contribution in [0.25, 0.3) is 11.0 Å². The lowest BCUT2D eigenvalue weighted by molar-refractivity contribution is 0.396. The summed E-state index contributed by atoms with van der Waals surface area (Å²) in [6, 6.07) is 13.7. The number of H-pyrrole nitrogens is 1. The molecule has 0 unspecified atom stereocenters. The molecular weight excluding hydrogens is 252 g/mol. The number of hydrogen-bond acceptors (Lipinski definition) is 4. The summed E-state index contributed by atoms with van der Waals surface area (Å²) in [4.78, 5) is 12.1. The summed E-state index contributed by atoms with van der Waals surface area (Å²) in [7, 11) is 1.62. The van der Waals surface area contributed by atoms with E-state index in [4.69, 9.17) is 4.74 Å². The number of anilines is 1. The summed E-state index contributed by atoms with van der Waals surface area (Å²) in [5, 5.41) is 3.27. The molecule has 0 aliphatic heterocycles. The van der Waals surface area contributed by atoms with Gasteiger partial charge in [-0.3, -0.25) is 0 Å². The van der Waals surface area contributed by atoms with Crippen molar-refractivity contribution in [3.63, 3.8) is 0 Å². The molecule has 102 valence electrons. The summed E-state index contributed by atoms with van der Waals surface area (Å²) in [6.07, 6.45) is 0.814. The van der Waals surface area contributed by atoms with Crippen molar-refractivity contribution in [1.29, 1.82) is 0 Å². The van der Waals surface area contributed by atoms with Gasteiger partial charge in [0, 0.05) is 24.7 Å². The van der Waals surface area contributed by atoms with E-state index in [1.807, 2.05) is 42.5 Å². The smallest absolute Gasteiger partial charge is 0.213 e. The van der Waals surface area contributed by atoms with Gasteiger partial charge in [0.2, 0.25) is 11.8 Å². The molecule has 0 amide bonds. The van der Waals surface area contributed by atoms with Gasteiger partial charge in [-0.25, -0.2) is 9.97 Å². The molecule has 0 radical (unpaired) electrons. The number of imidazole rings is 1. The van der Waals surface area contributed by atoms with Crippen molar-refractivity contribution in [1.82, 2.24) is 15.0 Å². The van der Waals surface area contributed by atoms with Crippen LogP contribution in [0.3, 0.4) is 0 Å². The first kappa shape index (κ1) is 12.5. The van der Waals surface area contributed by atoms with Crippen LogP contribution in [0.5, 0.6) is 5.88 Å². The number of fused-ring (bicyclic) bond motifs is 1. The Labute approximate surface area is 117 Å². The molecule has 0 aliphatic rings. The van der Waals surface area contributed by atoms with E-state index < -0.39 is 0 Å². The second kappa shape index (κ2) is 5.61. The molecule has 20 heavy (non-hydrogen) atoms. The Kier molecular flexibility index (Phi) is 3.50. The molecule has 5 heteroatoms. The van der Waals surface area contributed by atoms with Gasteiger partial charge in [-0.1, -0.05) is 18.2 Å². The van der Waals surface area contributed by atoms with Gasteiger partial charge in [-0.15, -0.1) is 0 Å². The van der Waals surface area contributed by atoms with Crippen molar-refractivity contribution >= 4 is 17.0 Å². The zero-order valence-electron chi connectivity index (χ0n) is 11.3. The van der Waals surface area contributed by atoms with Crippen molar-refractivity contribution in [2.75, 3.05) is 19.0 Å². The van der Waals surface area contributed by atoms with E-state index in [-0.39, 0.29) is 0 Å². The van der Waals surface area contributed by atoms with Crippen LogP contribution in [0.1, 0.15) is 5.69 Å². The molecule has 0 bridgehead atoms. The van der Waals surface area contributed by atoms with E-state index in [1.165, 1.54) is 0 Å². The third kappa shape index (κ3) is 2.71. The van der Waals surface area contributed by atoms with E-state index in [0.717, 1.165) is 35.6 Å². The normalized spacial score (nSPS) is 10.7. The quantitative estimate of drug-likeness (QED) is 0.746. The largest absolute Gasteiger partial charge is 0.481 e. The number of hydrogen-bond donors (Lipinski definition) is 2. The molecule has 3 aromatic rings. The highest BCUT2D eigenvalue weighted by Crippen LogP contribution is 2.13. The van der Waals surface area contributed by atoms with Gasteiger partial charge in [0.15, 0.2) is 0 Å². The summed E-state index contributed by atoms with van der Waals surface area (Å²) >= 11 is 0. The summed E-state index contributed by atoms with van der Waals surface area (Å²) in [6.45, 7) is 0.764. The number of nitrogens with zero attached hydrogens (tertiary/aromatic N) is 2. The van der Waals surface area contributed by atoms with Crippen LogP contribution in [-0.2, 0) is 6.42 Å². The number of aromatic amines is 1. The van der Waals surface area contributed by atoms with Crippen LogP contribution >= 0.6 is 0 Å². The van der Waals surface area contributed by atoms with Crippen molar-refractivity contribution in [3.8, 4) is 5.88 Å². The van der Waals surface area contributed by atoms with Gasteiger partial charge in [0.05, 0.1) is 18.1 Å². The van der Waals surface area contributed by atoms with Crippen LogP contribution in [0.2, 0.25) is 0 Å². The third-order valence-electron chi connectivity index (χ3n) is 3.05. The Morgan fingerprint density at radius 1 is 1.10 bits per heavy atom. The molecular formula is C15H16N4O. The maximum Gasteiger partial charge on any atom is 0.213 e. The van der Waals surface area contributed by atoms with Crippen molar-refractivity contribution in [2.24, 2.45) is 0 Å². The molecule has 2 aromatic heterocycles. The second-order valence-electron chi connectivity index (χ2n) is 4.45. The Morgan fingerprint density at radius 2 is 2.00 bits per heavy atom. The molecule has 1 aromatic carbocycles. The average molecular weight is 268 g/mol. The van der Waals surface area contributed by atoms with Gasteiger partial charge in [-0.2, -0.15) is 0 Å². The van der Waals surface area contributed by atoms with E-state index in [2.05, 4.69) is 20.3 Å². The zero-order chi connectivity index (χ0) is 13.8. The average Bonchev–Trinajstić information content (AvgIpc) is 2.90. The highest BCUT2D eigenvalue weighted by Gasteiger charge is 2.02. The molecule has 2 N–H and O–H groups in total. The van der Waals surface area contributed by atoms with Gasteiger partial charge in [-0.05, 0) is 18.2 Å². The lowest BCUT2D eigenvalue weighted by Gasteiger charge is -2.04. The number of pyridine rings is 1. The van der Waals surface area contributed by atoms with Crippen LogP contribution in [0.15, 0.2) is 42.5 Å². The molecule has 0 spiro atoms. The topological polar surface area (TPSA) is 62.8 Å². The fraction of sp³-hybridized carbons (Fsp3) is 0.200. The van der Waals surface area contributed by atoms with Crippen LogP contribution in [0, 0.1) is 0 Å². The van der Waals surface area contributed by atoms with Crippen molar-refractivity contribution in [3.05, 3.63) is 48.2 Å². The second-order valence-corrected chi connectivity index (χ2v) is 4.45. The van der Waals surface area contributed by atoms with E-state index in [9.17, 15) is 0 Å². The summed E-state index contributed by atoms with van der Waals surface area (Å²) in [5.41, 5.74) is 3.00. The zero-order valence-corrected chi connectivity index (χ0v) is 11.3. The molecule has 0 saturated heterocycles. The van der Waals surface area contributed by atoms with Crippen molar-refractivity contribution < 1.29 is 4.74 Å². The SMILES string of the molecule is COc1cccc(CCNc2nc3ccccc3[nH]2)n1. The molecule has 2 heterocycles. The van der Waals surface area contributed by atoms with E-state index >= 15 is 0 Å². The Morgan fingerprint density at radius 3 is 2.85 bits per heavy atom. The van der Waals surface area contributed by atoms with Gasteiger partial charge >= 0.3 is 0 Å². The molecule has 0 fully saturated rings. The molecule has 0 atom stereocenters. The van der Waals surface area contributed by atoms with Crippen molar-refractivity contribution in [2.45, 2.75) is 6.42 Å². The first-order valence-corrected chi connectivity index (χ1v) is 6.54. The Hall–Kier alpha value is -2.56. The van der Waals surface area contributed by atoms with Crippen LogP contribution in [-0.4, -0.2) is 28.6 Å². The third-order valence-corrected chi connectivity index (χ3v) is 3.05. The molecule has 0 saturated carbocycles. The lowest BCUT2D eigenvalue weighted by Crippen LogP contribution is -2.07. The Bertz CT molecular complexity index is 675. The van der Waals surface area contributed by atoms with Gasteiger partial charge in [0.25, 0.3) is 0 Å². The molecule has 3 rings (SSSR count). The number of ether oxygens (including phenoxy) is 1. The highest BCUT2D eigenvalue weighted by molar-refractivity contribution is 5.77. The monoisotopic (exact) mass is 268 g/mol. The number of para-hydroxylation sites is 2. The summed E-state index contributed by atoms with van der Waals surface area (Å²) in [5.74, 6) is 1.43. The minimum absolute atomic E-state index is 0.645. The van der Waals surface area contributed by atoms with Gasteiger partial charge in [0.1, 0.15) is 0 Å². The number of rotatable bonds is 5. The first-order valence-electron chi connectivity index (χ1n) is 6.54. The lowest BCUT2D eigenvalue weighted by atomic mass is 10.3. The molecule has 5 nitrogen and oxygen atoms in total. The highest BCUT2D eigenvalue weighted by atomic mass is 16.5. The maximum atomic E-state index is 5.11. The summed E-state index contributed by atoms with van der Waals surface area (Å²) < 4.78 is 5.11. The maximum absolute atomic E-state index is 5.11. The molecule has 0 aliphatic carbocycles. The van der Waals surface area contributed by atoms with Crippen LogP contribution < -0.4 is 10.1 Å². The standard InChI is InChI=1S/C15H16N4O/c1-20-14-8-4-5-11(17-14)9-10-16-15-18-12-6-2-3-7-13(12)19-15/h2-8H,9-10H2,1H3,(H2,16,18,19). The first-order chi connectivity index (χ1) is 9.85. The predicted octanol–water partition coefficient (Wildman–Crippen LogP) is 2.62. The minimum Gasteiger partial charge on any atom is -0.481 e. The van der Waals surface area contributed by atoms with Gasteiger partial charge < -0.3 is 15.0 Å². The fourth-order valence-electron chi connectivity index (χ4n) is 2.06. The van der Waals surface area contributed by atoms with Crippen LogP contribution in [0.4, 0.5) is 5.95 Å². The predicted molar refractivity (Wildman–Crippen MR) is 79.1 cm³/mol. The Balaban J connectivity index is 1.61. The number of benzene rings is 1. The minimum atomic E-state index is 0.645.